The Morgan fingerprint density at radius 1 is 1.03 bits per heavy atom. The minimum absolute atomic E-state index is 0.0715. The number of hydrogen-bond acceptors (Lipinski definition) is 6. The highest BCUT2D eigenvalue weighted by atomic mass is 32.2. The molecule has 0 unspecified atom stereocenters. The molecule has 5 nitrogen and oxygen atoms in total. The second kappa shape index (κ2) is 11.3. The second-order valence-corrected chi connectivity index (χ2v) is 7.92. The summed E-state index contributed by atoms with van der Waals surface area (Å²) in [5.74, 6) is 0.686. The zero-order chi connectivity index (χ0) is 22.1. The molecule has 0 aliphatic rings. The predicted molar refractivity (Wildman–Crippen MR) is 116 cm³/mol. The summed E-state index contributed by atoms with van der Waals surface area (Å²) in [6.45, 7) is 1.86. The molecule has 0 fully saturated rings. The van der Waals surface area contributed by atoms with Gasteiger partial charge in [-0.25, -0.2) is 0 Å². The maximum Gasteiger partial charge on any atom is 0.411 e. The Hall–Kier alpha value is -2.36. The summed E-state index contributed by atoms with van der Waals surface area (Å²) < 4.78 is 45.8. The maximum atomic E-state index is 12.0. The van der Waals surface area contributed by atoms with Gasteiger partial charge in [0.15, 0.2) is 0 Å². The first-order valence-corrected chi connectivity index (χ1v) is 10.8. The fourth-order valence-electron chi connectivity index (χ4n) is 2.87. The molecule has 0 radical (unpaired) electrons. The first-order valence-electron chi connectivity index (χ1n) is 9.80. The molecule has 166 valence electrons. The monoisotopic (exact) mass is 451 g/mol. The summed E-state index contributed by atoms with van der Waals surface area (Å²) in [5.41, 5.74) is 3.91. The Morgan fingerprint density at radius 3 is 2.68 bits per heavy atom. The zero-order valence-corrected chi connectivity index (χ0v) is 17.9. The van der Waals surface area contributed by atoms with Crippen molar-refractivity contribution in [1.29, 1.82) is 0 Å². The van der Waals surface area contributed by atoms with E-state index in [9.17, 15) is 13.2 Å². The van der Waals surface area contributed by atoms with Gasteiger partial charge in [0.05, 0.1) is 49.5 Å². The number of nitrogens with zero attached hydrogens (tertiary/aromatic N) is 2. The van der Waals surface area contributed by atoms with Gasteiger partial charge in [-0.15, -0.1) is 11.8 Å². The van der Waals surface area contributed by atoms with Crippen molar-refractivity contribution in [3.63, 3.8) is 0 Å². The van der Waals surface area contributed by atoms with Crippen LogP contribution in [0, 0.1) is 6.92 Å². The normalized spacial score (nSPS) is 11.7. The number of fused-ring (bicyclic) bond motifs is 1. The van der Waals surface area contributed by atoms with Crippen molar-refractivity contribution in [2.75, 3.05) is 37.5 Å². The Balaban J connectivity index is 1.43. The third-order valence-corrected chi connectivity index (χ3v) is 5.56. The van der Waals surface area contributed by atoms with Crippen LogP contribution in [-0.4, -0.2) is 48.3 Å². The number of nitrogens with one attached hydrogen (secondary N) is 1. The van der Waals surface area contributed by atoms with Crippen LogP contribution in [0.5, 0.6) is 0 Å². The molecule has 9 heteroatoms. The van der Waals surface area contributed by atoms with Gasteiger partial charge in [-0.2, -0.15) is 13.2 Å². The van der Waals surface area contributed by atoms with Crippen LogP contribution in [0.1, 0.15) is 11.3 Å². The number of anilines is 1. The summed E-state index contributed by atoms with van der Waals surface area (Å²) in [6, 6.07) is 12.0. The molecule has 0 atom stereocenters. The van der Waals surface area contributed by atoms with Gasteiger partial charge in [0.2, 0.25) is 0 Å². The molecule has 2 heterocycles. The largest absolute Gasteiger partial charge is 0.411 e. The molecule has 0 bridgehead atoms. The number of aromatic nitrogens is 2. The fourth-order valence-corrected chi connectivity index (χ4v) is 3.78. The Morgan fingerprint density at radius 2 is 1.84 bits per heavy atom. The van der Waals surface area contributed by atoms with E-state index in [2.05, 4.69) is 26.1 Å². The lowest BCUT2D eigenvalue weighted by Gasteiger charge is -2.12. The van der Waals surface area contributed by atoms with E-state index >= 15 is 0 Å². The standard InChI is InChI=1S/C22H24F3N3O2S/c1-16-20(14-27-18-12-17-4-2-3-5-19(17)28-13-18)26-7-6-21(16)31-11-10-29-8-9-30-15-22(23,24)25/h2-7,12-13,27H,8-11,14-15H2,1H3. The van der Waals surface area contributed by atoms with Crippen molar-refractivity contribution < 1.29 is 22.6 Å². The number of halogens is 3. The molecular weight excluding hydrogens is 427 g/mol. The lowest BCUT2D eigenvalue weighted by molar-refractivity contribution is -0.176. The molecular formula is C22H24F3N3O2S. The van der Waals surface area contributed by atoms with E-state index in [-0.39, 0.29) is 13.2 Å². The second-order valence-electron chi connectivity index (χ2n) is 6.78. The number of para-hydroxylation sites is 1. The van der Waals surface area contributed by atoms with Crippen LogP contribution in [-0.2, 0) is 16.0 Å². The average Bonchev–Trinajstić information content (AvgIpc) is 2.75. The highest BCUT2D eigenvalue weighted by Crippen LogP contribution is 2.24. The van der Waals surface area contributed by atoms with Crippen LogP contribution in [0.15, 0.2) is 53.7 Å². The van der Waals surface area contributed by atoms with Gasteiger partial charge < -0.3 is 14.8 Å². The van der Waals surface area contributed by atoms with E-state index < -0.39 is 12.8 Å². The number of rotatable bonds is 11. The van der Waals surface area contributed by atoms with Gasteiger partial charge in [-0.05, 0) is 30.7 Å². The Labute approximate surface area is 183 Å². The Bertz CT molecular complexity index is 986. The van der Waals surface area contributed by atoms with E-state index in [1.165, 1.54) is 0 Å². The minimum atomic E-state index is -4.30. The van der Waals surface area contributed by atoms with Crippen molar-refractivity contribution in [3.05, 3.63) is 60.0 Å². The van der Waals surface area contributed by atoms with Crippen LogP contribution in [0.2, 0.25) is 0 Å². The minimum Gasteiger partial charge on any atom is -0.378 e. The molecule has 3 rings (SSSR count). The molecule has 0 aliphatic heterocycles. The van der Waals surface area contributed by atoms with Crippen molar-refractivity contribution in [2.45, 2.75) is 24.5 Å². The van der Waals surface area contributed by atoms with Gasteiger partial charge in [-0.3, -0.25) is 9.97 Å². The van der Waals surface area contributed by atoms with Crippen molar-refractivity contribution in [2.24, 2.45) is 0 Å². The van der Waals surface area contributed by atoms with Crippen LogP contribution in [0.3, 0.4) is 0 Å². The van der Waals surface area contributed by atoms with Gasteiger partial charge in [-0.1, -0.05) is 18.2 Å². The van der Waals surface area contributed by atoms with Crippen molar-refractivity contribution >= 4 is 28.4 Å². The number of alkyl halides is 3. The van der Waals surface area contributed by atoms with Gasteiger partial charge in [0.1, 0.15) is 6.61 Å². The molecule has 0 saturated heterocycles. The lowest BCUT2D eigenvalue weighted by atomic mass is 10.2. The molecule has 0 saturated carbocycles. The average molecular weight is 452 g/mol. The van der Waals surface area contributed by atoms with E-state index in [1.54, 1.807) is 18.0 Å². The molecule has 3 aromatic rings. The molecule has 0 aliphatic carbocycles. The van der Waals surface area contributed by atoms with E-state index in [4.69, 9.17) is 4.74 Å². The topological polar surface area (TPSA) is 56.3 Å². The van der Waals surface area contributed by atoms with Crippen LogP contribution < -0.4 is 5.32 Å². The molecule has 0 amide bonds. The summed E-state index contributed by atoms with van der Waals surface area (Å²) in [5, 5.41) is 4.45. The molecule has 1 N–H and O–H groups in total. The maximum absolute atomic E-state index is 12.0. The van der Waals surface area contributed by atoms with Gasteiger partial charge in [0.25, 0.3) is 0 Å². The van der Waals surface area contributed by atoms with E-state index in [0.29, 0.717) is 18.9 Å². The number of thioether (sulfide) groups is 1. The highest BCUT2D eigenvalue weighted by Gasteiger charge is 2.27. The summed E-state index contributed by atoms with van der Waals surface area (Å²) in [7, 11) is 0. The van der Waals surface area contributed by atoms with E-state index in [0.717, 1.165) is 32.7 Å². The molecule has 2 aromatic heterocycles. The zero-order valence-electron chi connectivity index (χ0n) is 17.1. The van der Waals surface area contributed by atoms with Gasteiger partial charge >= 0.3 is 6.18 Å². The number of benzene rings is 1. The Kier molecular flexibility index (Phi) is 8.51. The molecule has 0 spiro atoms. The smallest absolute Gasteiger partial charge is 0.378 e. The fraction of sp³-hybridized carbons (Fsp3) is 0.364. The first kappa shape index (κ1) is 23.3. The first-order chi connectivity index (χ1) is 14.9. The third kappa shape index (κ3) is 7.68. The lowest BCUT2D eigenvalue weighted by Crippen LogP contribution is -2.19. The van der Waals surface area contributed by atoms with Crippen molar-refractivity contribution in [3.8, 4) is 0 Å². The van der Waals surface area contributed by atoms with Crippen molar-refractivity contribution in [1.82, 2.24) is 9.97 Å². The van der Waals surface area contributed by atoms with Gasteiger partial charge in [0, 0.05) is 22.2 Å². The quantitative estimate of drug-likeness (QED) is 0.318. The number of ether oxygens (including phenoxy) is 2. The summed E-state index contributed by atoms with van der Waals surface area (Å²) in [6.07, 6.45) is -0.713. The van der Waals surface area contributed by atoms with E-state index in [1.807, 2.05) is 43.5 Å². The molecule has 31 heavy (non-hydrogen) atoms. The SMILES string of the molecule is Cc1c(SCCOCCOCC(F)(F)F)ccnc1CNc1cnc2ccccc2c1. The summed E-state index contributed by atoms with van der Waals surface area (Å²) >= 11 is 1.63. The van der Waals surface area contributed by atoms with Crippen LogP contribution >= 0.6 is 11.8 Å². The third-order valence-electron chi connectivity index (χ3n) is 4.43. The number of hydrogen-bond donors (Lipinski definition) is 1. The highest BCUT2D eigenvalue weighted by molar-refractivity contribution is 7.99. The summed E-state index contributed by atoms with van der Waals surface area (Å²) in [4.78, 5) is 10.0. The van der Waals surface area contributed by atoms with Crippen LogP contribution in [0.25, 0.3) is 10.9 Å². The number of pyridine rings is 2. The molecule has 1 aromatic carbocycles. The van der Waals surface area contributed by atoms with Crippen LogP contribution in [0.4, 0.5) is 18.9 Å². The predicted octanol–water partition coefficient (Wildman–Crippen LogP) is 5.24.